The fourth-order valence-electron chi connectivity index (χ4n) is 3.80. The van der Waals surface area contributed by atoms with Gasteiger partial charge in [-0.05, 0) is 61.4 Å². The third-order valence-electron chi connectivity index (χ3n) is 5.67. The van der Waals surface area contributed by atoms with E-state index in [-0.39, 0.29) is 17.1 Å². The number of phenols is 1. The number of nitrogens with zero attached hydrogens (tertiary/aromatic N) is 1. The molecule has 0 saturated heterocycles. The maximum absolute atomic E-state index is 12.7. The summed E-state index contributed by atoms with van der Waals surface area (Å²) in [7, 11) is 0. The van der Waals surface area contributed by atoms with Crippen LogP contribution >= 0.6 is 0 Å². The van der Waals surface area contributed by atoms with Crippen LogP contribution in [0.2, 0.25) is 0 Å². The zero-order valence-electron chi connectivity index (χ0n) is 18.6. The Bertz CT molecular complexity index is 1380. The number of benzene rings is 3. The van der Waals surface area contributed by atoms with Gasteiger partial charge in [-0.2, -0.15) is 0 Å². The Labute approximate surface area is 192 Å². The highest BCUT2D eigenvalue weighted by Gasteiger charge is 2.11. The Hall–Kier alpha value is -4.12. The number of para-hydroxylation sites is 1. The summed E-state index contributed by atoms with van der Waals surface area (Å²) in [5.41, 5.74) is 3.48. The maximum Gasteiger partial charge on any atom is 0.344 e. The fraction of sp³-hybridized carbons (Fsp3) is 0.143. The quantitative estimate of drug-likeness (QED) is 0.220. The van der Waals surface area contributed by atoms with Gasteiger partial charge < -0.3 is 14.4 Å². The largest absolute Gasteiger partial charge is 0.507 e. The molecule has 0 aliphatic heterocycles. The second kappa shape index (κ2) is 9.57. The fourth-order valence-corrected chi connectivity index (χ4v) is 3.80. The van der Waals surface area contributed by atoms with Crippen molar-refractivity contribution < 1.29 is 14.3 Å². The van der Waals surface area contributed by atoms with Gasteiger partial charge in [-0.1, -0.05) is 42.5 Å². The van der Waals surface area contributed by atoms with Crippen molar-refractivity contribution in [1.29, 1.82) is 0 Å². The number of rotatable bonds is 7. The van der Waals surface area contributed by atoms with Crippen LogP contribution in [0.5, 0.6) is 5.75 Å². The van der Waals surface area contributed by atoms with Gasteiger partial charge in [0.15, 0.2) is 5.78 Å². The van der Waals surface area contributed by atoms with Crippen LogP contribution in [-0.4, -0.2) is 24.0 Å². The SMILES string of the molecule is CCN(CC)c1ccc2cc(-c3ccc(C=CC(=O)c4ccccc4O)cc3)c(=O)oc2c1. The molecular weight excluding hydrogens is 414 g/mol. The topological polar surface area (TPSA) is 70.8 Å². The zero-order chi connectivity index (χ0) is 23.4. The van der Waals surface area contributed by atoms with Gasteiger partial charge in [0.2, 0.25) is 0 Å². The molecule has 5 heteroatoms. The van der Waals surface area contributed by atoms with E-state index < -0.39 is 5.63 Å². The molecule has 0 atom stereocenters. The molecule has 3 aromatic carbocycles. The van der Waals surface area contributed by atoms with Crippen molar-refractivity contribution in [3.05, 3.63) is 100 Å². The highest BCUT2D eigenvalue weighted by Crippen LogP contribution is 2.26. The number of anilines is 1. The molecule has 0 saturated carbocycles. The summed E-state index contributed by atoms with van der Waals surface area (Å²) < 4.78 is 5.63. The van der Waals surface area contributed by atoms with Gasteiger partial charge in [0.1, 0.15) is 11.3 Å². The third-order valence-corrected chi connectivity index (χ3v) is 5.67. The van der Waals surface area contributed by atoms with E-state index >= 15 is 0 Å². The van der Waals surface area contributed by atoms with E-state index in [1.165, 1.54) is 12.1 Å². The van der Waals surface area contributed by atoms with Crippen molar-refractivity contribution >= 4 is 28.5 Å². The van der Waals surface area contributed by atoms with Crippen LogP contribution < -0.4 is 10.5 Å². The first-order valence-electron chi connectivity index (χ1n) is 10.9. The van der Waals surface area contributed by atoms with Crippen molar-refractivity contribution in [1.82, 2.24) is 0 Å². The number of phenolic OH excluding ortho intramolecular Hbond substituents is 1. The van der Waals surface area contributed by atoms with Crippen LogP contribution in [0.1, 0.15) is 29.8 Å². The van der Waals surface area contributed by atoms with Gasteiger partial charge in [0, 0.05) is 30.2 Å². The number of fused-ring (bicyclic) bond motifs is 1. The molecule has 0 bridgehead atoms. The summed E-state index contributed by atoms with van der Waals surface area (Å²) in [6, 6.07) is 21.5. The molecule has 1 N–H and O–H groups in total. The molecule has 4 aromatic rings. The first kappa shape index (κ1) is 22.1. The van der Waals surface area contributed by atoms with Crippen LogP contribution in [0, 0.1) is 0 Å². The number of carbonyl (C=O) groups excluding carboxylic acids is 1. The lowest BCUT2D eigenvalue weighted by molar-refractivity contribution is 0.104. The number of hydrogen-bond acceptors (Lipinski definition) is 5. The molecule has 1 heterocycles. The Morgan fingerprint density at radius 1 is 0.970 bits per heavy atom. The minimum absolute atomic E-state index is 0.0465. The summed E-state index contributed by atoms with van der Waals surface area (Å²) in [4.78, 5) is 27.2. The molecule has 0 fully saturated rings. The highest BCUT2D eigenvalue weighted by atomic mass is 16.4. The number of aromatic hydroxyl groups is 1. The standard InChI is InChI=1S/C28H25NO4/c1-3-29(4-2)22-15-14-21-17-24(28(32)33-27(21)18-22)20-12-9-19(10-13-20)11-16-26(31)23-7-5-6-8-25(23)30/h5-18,30H,3-4H2,1-2H3. The van der Waals surface area contributed by atoms with Gasteiger partial charge in [-0.15, -0.1) is 0 Å². The van der Waals surface area contributed by atoms with Crippen molar-refractivity contribution in [2.24, 2.45) is 0 Å². The predicted molar refractivity (Wildman–Crippen MR) is 133 cm³/mol. The normalized spacial score (nSPS) is 11.2. The molecule has 166 valence electrons. The molecule has 5 nitrogen and oxygen atoms in total. The van der Waals surface area contributed by atoms with Gasteiger partial charge >= 0.3 is 5.63 Å². The van der Waals surface area contributed by atoms with E-state index in [1.54, 1.807) is 24.3 Å². The predicted octanol–water partition coefficient (Wildman–Crippen LogP) is 5.91. The van der Waals surface area contributed by atoms with E-state index in [1.807, 2.05) is 48.5 Å². The van der Waals surface area contributed by atoms with Crippen molar-refractivity contribution in [2.45, 2.75) is 13.8 Å². The van der Waals surface area contributed by atoms with Crippen molar-refractivity contribution in [2.75, 3.05) is 18.0 Å². The van der Waals surface area contributed by atoms with E-state index in [9.17, 15) is 14.7 Å². The smallest absolute Gasteiger partial charge is 0.344 e. The van der Waals surface area contributed by atoms with Crippen LogP contribution in [0.15, 0.2) is 88.1 Å². The number of carbonyl (C=O) groups is 1. The Morgan fingerprint density at radius 3 is 2.39 bits per heavy atom. The Balaban J connectivity index is 1.58. The maximum atomic E-state index is 12.7. The molecule has 0 radical (unpaired) electrons. The van der Waals surface area contributed by atoms with Crippen LogP contribution in [0.3, 0.4) is 0 Å². The molecule has 33 heavy (non-hydrogen) atoms. The number of allylic oxidation sites excluding steroid dienone is 1. The lowest BCUT2D eigenvalue weighted by Gasteiger charge is -2.21. The Morgan fingerprint density at radius 2 is 1.70 bits per heavy atom. The summed E-state index contributed by atoms with van der Waals surface area (Å²) in [6.07, 6.45) is 3.10. The Kier molecular flexibility index (Phi) is 6.41. The highest BCUT2D eigenvalue weighted by molar-refractivity contribution is 6.08. The summed E-state index contributed by atoms with van der Waals surface area (Å²) in [6.45, 7) is 5.94. The molecule has 4 rings (SSSR count). The summed E-state index contributed by atoms with van der Waals surface area (Å²) >= 11 is 0. The average molecular weight is 440 g/mol. The first-order chi connectivity index (χ1) is 16.0. The molecule has 0 aliphatic carbocycles. The van der Waals surface area contributed by atoms with Crippen LogP contribution in [0.25, 0.3) is 28.2 Å². The summed E-state index contributed by atoms with van der Waals surface area (Å²) in [5, 5.41) is 10.7. The minimum Gasteiger partial charge on any atom is -0.507 e. The molecule has 0 amide bonds. The molecule has 0 unspecified atom stereocenters. The van der Waals surface area contributed by atoms with Crippen LogP contribution in [-0.2, 0) is 0 Å². The molecule has 0 aliphatic rings. The minimum atomic E-state index is -0.391. The van der Waals surface area contributed by atoms with Gasteiger partial charge in [0.25, 0.3) is 0 Å². The average Bonchev–Trinajstić information content (AvgIpc) is 2.83. The van der Waals surface area contributed by atoms with Gasteiger partial charge in [-0.25, -0.2) is 4.79 Å². The lowest BCUT2D eigenvalue weighted by atomic mass is 10.0. The zero-order valence-corrected chi connectivity index (χ0v) is 18.6. The molecule has 0 spiro atoms. The van der Waals surface area contributed by atoms with Crippen molar-refractivity contribution in [3.63, 3.8) is 0 Å². The lowest BCUT2D eigenvalue weighted by Crippen LogP contribution is -2.21. The molecule has 1 aromatic heterocycles. The monoisotopic (exact) mass is 439 g/mol. The molecular formula is C28H25NO4. The van der Waals surface area contributed by atoms with E-state index in [0.717, 1.165) is 35.3 Å². The van der Waals surface area contributed by atoms with E-state index in [2.05, 4.69) is 18.7 Å². The third kappa shape index (κ3) is 4.72. The number of ketones is 1. The van der Waals surface area contributed by atoms with Gasteiger partial charge in [0.05, 0.1) is 11.1 Å². The van der Waals surface area contributed by atoms with Crippen LogP contribution in [0.4, 0.5) is 5.69 Å². The number of hydrogen-bond donors (Lipinski definition) is 1. The summed E-state index contributed by atoms with van der Waals surface area (Å²) in [5.74, 6) is -0.328. The second-order valence-corrected chi connectivity index (χ2v) is 7.68. The van der Waals surface area contributed by atoms with E-state index in [4.69, 9.17) is 4.42 Å². The first-order valence-corrected chi connectivity index (χ1v) is 10.9. The van der Waals surface area contributed by atoms with E-state index in [0.29, 0.717) is 11.1 Å². The van der Waals surface area contributed by atoms with Crippen molar-refractivity contribution in [3.8, 4) is 16.9 Å². The van der Waals surface area contributed by atoms with Gasteiger partial charge in [-0.3, -0.25) is 4.79 Å². The second-order valence-electron chi connectivity index (χ2n) is 7.68.